The molecular formula is C23H23FN4O4. The Bertz CT molecular complexity index is 1100. The zero-order valence-corrected chi connectivity index (χ0v) is 17.6. The first-order chi connectivity index (χ1) is 15.5. The Hall–Kier alpha value is -3.59. The molecule has 1 amide bonds. The number of carbonyl (C=O) groups is 2. The lowest BCUT2D eigenvalue weighted by molar-refractivity contribution is -0.117. The Kier molecular flexibility index (Phi) is 6.55. The summed E-state index contributed by atoms with van der Waals surface area (Å²) < 4.78 is 23.4. The molecule has 1 N–H and O–H groups in total. The lowest BCUT2D eigenvalue weighted by Crippen LogP contribution is -2.40. The average Bonchev–Trinajstić information content (AvgIpc) is 3.30. The highest BCUT2D eigenvalue weighted by Gasteiger charge is 2.27. The van der Waals surface area contributed by atoms with Gasteiger partial charge in [0.05, 0.1) is 30.8 Å². The molecule has 1 aliphatic heterocycles. The molecule has 166 valence electrons. The number of esters is 1. The van der Waals surface area contributed by atoms with Crippen molar-refractivity contribution in [2.24, 2.45) is 0 Å². The molecule has 0 radical (unpaired) electrons. The van der Waals surface area contributed by atoms with Crippen molar-refractivity contribution in [2.75, 3.05) is 32.1 Å². The van der Waals surface area contributed by atoms with Crippen LogP contribution in [-0.2, 0) is 9.53 Å². The Balaban J connectivity index is 1.38. The van der Waals surface area contributed by atoms with E-state index in [1.165, 1.54) is 19.2 Å². The Morgan fingerprint density at radius 3 is 2.78 bits per heavy atom. The number of amides is 1. The van der Waals surface area contributed by atoms with Crippen LogP contribution in [0.25, 0.3) is 11.4 Å². The minimum atomic E-state index is -0.507. The van der Waals surface area contributed by atoms with Gasteiger partial charge in [-0.2, -0.15) is 4.98 Å². The maximum Gasteiger partial charge on any atom is 0.339 e. The van der Waals surface area contributed by atoms with Crippen LogP contribution in [0.15, 0.2) is 53.1 Å². The number of para-hydroxylation sites is 1. The monoisotopic (exact) mass is 438 g/mol. The number of likely N-dealkylation sites (tertiary alicyclic amines) is 1. The van der Waals surface area contributed by atoms with Gasteiger partial charge in [0.15, 0.2) is 0 Å². The van der Waals surface area contributed by atoms with E-state index in [0.717, 1.165) is 19.4 Å². The van der Waals surface area contributed by atoms with Crippen LogP contribution in [0.4, 0.5) is 10.1 Å². The molecule has 9 heteroatoms. The van der Waals surface area contributed by atoms with Crippen LogP contribution in [0.3, 0.4) is 0 Å². The van der Waals surface area contributed by atoms with E-state index >= 15 is 0 Å². The van der Waals surface area contributed by atoms with E-state index in [-0.39, 0.29) is 24.2 Å². The number of anilines is 1. The molecule has 1 saturated heterocycles. The van der Waals surface area contributed by atoms with E-state index in [1.807, 2.05) is 4.90 Å². The number of carbonyl (C=O) groups excluding carboxylic acids is 2. The highest BCUT2D eigenvalue weighted by atomic mass is 19.1. The van der Waals surface area contributed by atoms with Crippen LogP contribution >= 0.6 is 0 Å². The van der Waals surface area contributed by atoms with Crippen molar-refractivity contribution >= 4 is 17.6 Å². The largest absolute Gasteiger partial charge is 0.465 e. The fourth-order valence-electron chi connectivity index (χ4n) is 3.79. The number of aromatic nitrogens is 2. The second-order valence-corrected chi connectivity index (χ2v) is 7.62. The maximum atomic E-state index is 13.1. The number of rotatable bonds is 6. The first kappa shape index (κ1) is 21.6. The van der Waals surface area contributed by atoms with Gasteiger partial charge in [-0.25, -0.2) is 9.18 Å². The standard InChI is InChI=1S/C23H23FN4O4/c1-31-23(30)18-6-2-3-7-19(18)25-20(29)14-28-12-4-5-16(13-28)22-26-21(27-32-22)15-8-10-17(24)11-9-15/h2-3,6-11,16H,4-5,12-14H2,1H3,(H,25,29). The molecule has 1 unspecified atom stereocenters. The number of nitrogens with zero attached hydrogens (tertiary/aromatic N) is 3. The van der Waals surface area contributed by atoms with Crippen LogP contribution in [-0.4, -0.2) is 53.7 Å². The molecule has 32 heavy (non-hydrogen) atoms. The van der Waals surface area contributed by atoms with Gasteiger partial charge in [0.25, 0.3) is 0 Å². The Morgan fingerprint density at radius 2 is 2.00 bits per heavy atom. The van der Waals surface area contributed by atoms with Crippen molar-refractivity contribution in [3.05, 3.63) is 65.8 Å². The van der Waals surface area contributed by atoms with Crippen LogP contribution in [0.2, 0.25) is 0 Å². The number of ether oxygens (including phenoxy) is 1. The third-order valence-corrected chi connectivity index (χ3v) is 5.37. The molecule has 0 bridgehead atoms. The summed E-state index contributed by atoms with van der Waals surface area (Å²) in [5.41, 5.74) is 1.40. The number of hydrogen-bond acceptors (Lipinski definition) is 7. The van der Waals surface area contributed by atoms with Gasteiger partial charge >= 0.3 is 5.97 Å². The van der Waals surface area contributed by atoms with E-state index in [9.17, 15) is 14.0 Å². The van der Waals surface area contributed by atoms with Gasteiger partial charge in [0.1, 0.15) is 5.82 Å². The highest BCUT2D eigenvalue weighted by molar-refractivity contribution is 6.01. The van der Waals surface area contributed by atoms with Gasteiger partial charge < -0.3 is 14.6 Å². The van der Waals surface area contributed by atoms with E-state index in [0.29, 0.717) is 35.1 Å². The molecule has 2 aromatic carbocycles. The molecule has 2 heterocycles. The smallest absolute Gasteiger partial charge is 0.339 e. The predicted octanol–water partition coefficient (Wildman–Crippen LogP) is 3.48. The predicted molar refractivity (Wildman–Crippen MR) is 115 cm³/mol. The normalized spacial score (nSPS) is 16.5. The second kappa shape index (κ2) is 9.69. The molecule has 0 saturated carbocycles. The van der Waals surface area contributed by atoms with Gasteiger partial charge in [-0.3, -0.25) is 9.69 Å². The maximum absolute atomic E-state index is 13.1. The van der Waals surface area contributed by atoms with Gasteiger partial charge in [0, 0.05) is 12.1 Å². The topological polar surface area (TPSA) is 97.6 Å². The van der Waals surface area contributed by atoms with Crippen LogP contribution in [0.5, 0.6) is 0 Å². The summed E-state index contributed by atoms with van der Waals surface area (Å²) in [6.45, 7) is 1.53. The molecule has 1 fully saturated rings. The second-order valence-electron chi connectivity index (χ2n) is 7.62. The van der Waals surface area contributed by atoms with Crippen molar-refractivity contribution in [2.45, 2.75) is 18.8 Å². The highest BCUT2D eigenvalue weighted by Crippen LogP contribution is 2.27. The van der Waals surface area contributed by atoms with Crippen molar-refractivity contribution in [3.63, 3.8) is 0 Å². The minimum absolute atomic E-state index is 0.000559. The average molecular weight is 438 g/mol. The molecule has 1 aliphatic rings. The summed E-state index contributed by atoms with van der Waals surface area (Å²) in [7, 11) is 1.30. The zero-order chi connectivity index (χ0) is 22.5. The third kappa shape index (κ3) is 5.00. The number of benzene rings is 2. The minimum Gasteiger partial charge on any atom is -0.465 e. The molecule has 8 nitrogen and oxygen atoms in total. The molecule has 3 aromatic rings. The van der Waals surface area contributed by atoms with Crippen LogP contribution in [0, 0.1) is 5.82 Å². The van der Waals surface area contributed by atoms with E-state index in [2.05, 4.69) is 15.5 Å². The summed E-state index contributed by atoms with van der Waals surface area (Å²) >= 11 is 0. The molecule has 0 aliphatic carbocycles. The van der Waals surface area contributed by atoms with E-state index in [4.69, 9.17) is 9.26 Å². The van der Waals surface area contributed by atoms with Crippen molar-refractivity contribution in [1.29, 1.82) is 0 Å². The lowest BCUT2D eigenvalue weighted by Gasteiger charge is -2.30. The fraction of sp³-hybridized carbons (Fsp3) is 0.304. The SMILES string of the molecule is COC(=O)c1ccccc1NC(=O)CN1CCCC(c2nc(-c3ccc(F)cc3)no2)C1. The van der Waals surface area contributed by atoms with E-state index in [1.54, 1.807) is 36.4 Å². The molecule has 1 atom stereocenters. The number of halogens is 1. The van der Waals surface area contributed by atoms with Gasteiger partial charge in [0.2, 0.25) is 17.6 Å². The summed E-state index contributed by atoms with van der Waals surface area (Å²) in [4.78, 5) is 31.0. The quantitative estimate of drug-likeness (QED) is 0.589. The summed E-state index contributed by atoms with van der Waals surface area (Å²) in [6.07, 6.45) is 1.75. The first-order valence-electron chi connectivity index (χ1n) is 10.3. The Morgan fingerprint density at radius 1 is 1.22 bits per heavy atom. The van der Waals surface area contributed by atoms with Gasteiger partial charge in [-0.15, -0.1) is 0 Å². The van der Waals surface area contributed by atoms with Crippen molar-refractivity contribution in [1.82, 2.24) is 15.0 Å². The van der Waals surface area contributed by atoms with Gasteiger partial charge in [-0.05, 0) is 55.8 Å². The summed E-state index contributed by atoms with van der Waals surface area (Å²) in [5, 5.41) is 6.81. The Labute approximate surface area is 184 Å². The first-order valence-corrected chi connectivity index (χ1v) is 10.3. The van der Waals surface area contributed by atoms with Crippen LogP contribution < -0.4 is 5.32 Å². The lowest BCUT2D eigenvalue weighted by atomic mass is 9.98. The summed E-state index contributed by atoms with van der Waals surface area (Å²) in [6, 6.07) is 12.6. The third-order valence-electron chi connectivity index (χ3n) is 5.37. The number of hydrogen-bond donors (Lipinski definition) is 1. The fourth-order valence-corrected chi connectivity index (χ4v) is 3.79. The van der Waals surface area contributed by atoms with E-state index < -0.39 is 5.97 Å². The van der Waals surface area contributed by atoms with Gasteiger partial charge in [-0.1, -0.05) is 17.3 Å². The molecule has 4 rings (SSSR count). The summed E-state index contributed by atoms with van der Waals surface area (Å²) in [5.74, 6) is -0.139. The van der Waals surface area contributed by atoms with Crippen molar-refractivity contribution in [3.8, 4) is 11.4 Å². The zero-order valence-electron chi connectivity index (χ0n) is 17.6. The molecule has 0 spiro atoms. The van der Waals surface area contributed by atoms with Crippen LogP contribution in [0.1, 0.15) is 35.0 Å². The van der Waals surface area contributed by atoms with Crippen molar-refractivity contribution < 1.29 is 23.2 Å². The molecular weight excluding hydrogens is 415 g/mol. The number of piperidine rings is 1. The molecule has 1 aromatic heterocycles. The number of methoxy groups -OCH3 is 1. The number of nitrogens with one attached hydrogen (secondary N) is 1.